The third-order valence-corrected chi connectivity index (χ3v) is 6.31. The fourth-order valence-corrected chi connectivity index (χ4v) is 4.03. The van der Waals surface area contributed by atoms with Crippen LogP contribution in [0.25, 0.3) is 0 Å². The molecule has 1 aromatic carbocycles. The van der Waals surface area contributed by atoms with Crippen LogP contribution >= 0.6 is 8.46 Å². The highest BCUT2D eigenvalue weighted by Crippen LogP contribution is 2.46. The molecule has 0 N–H and O–H groups in total. The summed E-state index contributed by atoms with van der Waals surface area (Å²) in [5.41, 5.74) is 0.730. The number of ether oxygens (including phenoxy) is 4. The lowest BCUT2D eigenvalue weighted by molar-refractivity contribution is -0.123. The molecule has 0 aliphatic carbocycles. The van der Waals surface area contributed by atoms with E-state index in [1.807, 2.05) is 27.7 Å². The van der Waals surface area contributed by atoms with Crippen molar-refractivity contribution < 1.29 is 33.1 Å². The molecule has 0 bridgehead atoms. The van der Waals surface area contributed by atoms with Crippen molar-refractivity contribution in [3.05, 3.63) is 30.4 Å². The van der Waals surface area contributed by atoms with Crippen LogP contribution in [-0.2, 0) is 14.2 Å². The van der Waals surface area contributed by atoms with Gasteiger partial charge in [-0.1, -0.05) is 66.5 Å². The Labute approximate surface area is 230 Å². The number of hydrogen-bond donors (Lipinski definition) is 0. The SMILES string of the molecule is C=C(C)C(=O)C(CCC)Oc1c(OCCCC)cc(P=O)c(OCCCC)c1OC(CCC)C(=O)C(=C)C. The van der Waals surface area contributed by atoms with Crippen molar-refractivity contribution in [1.82, 2.24) is 0 Å². The summed E-state index contributed by atoms with van der Waals surface area (Å²) in [6.07, 6.45) is 3.87. The van der Waals surface area contributed by atoms with E-state index in [0.717, 1.165) is 25.7 Å². The molecule has 0 radical (unpaired) electrons. The second-order valence-corrected chi connectivity index (χ2v) is 10.1. The molecule has 7 nitrogen and oxygen atoms in total. The molecule has 212 valence electrons. The maximum Gasteiger partial charge on any atom is 0.209 e. The van der Waals surface area contributed by atoms with Gasteiger partial charge in [0.1, 0.15) is 0 Å². The molecule has 8 heteroatoms. The van der Waals surface area contributed by atoms with Gasteiger partial charge in [0, 0.05) is 6.07 Å². The zero-order valence-corrected chi connectivity index (χ0v) is 24.9. The number of Topliss-reactive ketones (excluding diaryl/α,β-unsaturated/α-hetero) is 2. The van der Waals surface area contributed by atoms with Gasteiger partial charge in [-0.15, -0.1) is 0 Å². The minimum absolute atomic E-state index is 0.108. The van der Waals surface area contributed by atoms with Gasteiger partial charge in [-0.05, 0) is 50.7 Å². The second-order valence-electron chi connectivity index (χ2n) is 9.46. The predicted molar refractivity (Wildman–Crippen MR) is 153 cm³/mol. The molecule has 1 rings (SSSR count). The fraction of sp³-hybridized carbons (Fsp3) is 0.600. The summed E-state index contributed by atoms with van der Waals surface area (Å²) in [5.74, 6) is 0.268. The first kappa shape index (κ1) is 33.4. The van der Waals surface area contributed by atoms with Crippen LogP contribution in [0.3, 0.4) is 0 Å². The number of rotatable bonds is 21. The molecule has 0 fully saturated rings. The molecule has 2 atom stereocenters. The second kappa shape index (κ2) is 17.8. The van der Waals surface area contributed by atoms with Crippen molar-refractivity contribution in [2.45, 2.75) is 105 Å². The van der Waals surface area contributed by atoms with Crippen LogP contribution in [0.4, 0.5) is 0 Å². The van der Waals surface area contributed by atoms with E-state index in [2.05, 4.69) is 13.2 Å². The summed E-state index contributed by atoms with van der Waals surface area (Å²) < 4.78 is 37.2. The molecule has 0 amide bonds. The third-order valence-electron chi connectivity index (χ3n) is 5.78. The van der Waals surface area contributed by atoms with Crippen molar-refractivity contribution >= 4 is 25.3 Å². The van der Waals surface area contributed by atoms with Crippen LogP contribution in [0.1, 0.15) is 92.9 Å². The Morgan fingerprint density at radius 2 is 1.24 bits per heavy atom. The Morgan fingerprint density at radius 1 is 0.763 bits per heavy atom. The quantitative estimate of drug-likeness (QED) is 0.0902. The molecule has 0 heterocycles. The Kier molecular flexibility index (Phi) is 15.6. The number of benzene rings is 1. The van der Waals surface area contributed by atoms with E-state index >= 15 is 0 Å². The van der Waals surface area contributed by atoms with Crippen molar-refractivity contribution in [2.24, 2.45) is 0 Å². The minimum atomic E-state index is -0.864. The minimum Gasteiger partial charge on any atom is -0.490 e. The summed E-state index contributed by atoms with van der Waals surface area (Å²) in [7, 11) is -0.306. The monoisotopic (exact) mass is 548 g/mol. The first-order valence-corrected chi connectivity index (χ1v) is 14.5. The van der Waals surface area contributed by atoms with Gasteiger partial charge in [0.2, 0.25) is 11.5 Å². The van der Waals surface area contributed by atoms with Gasteiger partial charge in [0.15, 0.2) is 43.7 Å². The van der Waals surface area contributed by atoms with E-state index in [4.69, 9.17) is 18.9 Å². The van der Waals surface area contributed by atoms with Crippen LogP contribution in [0.5, 0.6) is 23.0 Å². The normalized spacial score (nSPS) is 12.5. The van der Waals surface area contributed by atoms with Crippen LogP contribution in [-0.4, -0.2) is 37.0 Å². The van der Waals surface area contributed by atoms with Crippen LogP contribution < -0.4 is 24.3 Å². The molecule has 38 heavy (non-hydrogen) atoms. The number of carbonyl (C=O) groups excluding carboxylic acids is 2. The molecule has 0 aromatic heterocycles. The third kappa shape index (κ3) is 9.90. The summed E-state index contributed by atoms with van der Waals surface area (Å²) >= 11 is 0. The molecule has 2 unspecified atom stereocenters. The topological polar surface area (TPSA) is 88.1 Å². The smallest absolute Gasteiger partial charge is 0.209 e. The number of ketones is 2. The highest BCUT2D eigenvalue weighted by atomic mass is 31.1. The van der Waals surface area contributed by atoms with Crippen LogP contribution in [0.15, 0.2) is 30.4 Å². The zero-order chi connectivity index (χ0) is 28.7. The molecular weight excluding hydrogens is 503 g/mol. The summed E-state index contributed by atoms with van der Waals surface area (Å²) in [6, 6.07) is 1.59. The Hall–Kier alpha value is -2.66. The lowest BCUT2D eigenvalue weighted by atomic mass is 10.0. The fourth-order valence-electron chi connectivity index (χ4n) is 3.61. The summed E-state index contributed by atoms with van der Waals surface area (Å²) in [5, 5.41) is 0.311. The summed E-state index contributed by atoms with van der Waals surface area (Å²) in [4.78, 5) is 26.0. The standard InChI is InChI=1S/C30H45O7P/c1-9-13-17-34-24-19-25(38-33)29(35-18-14-10-2)30(37-23(16-12-4)27(32)21(7)8)28(24)36-22(15-11-3)26(31)20(5)6/h19,22-23H,5,7,9-18H2,1-4,6,8H3. The largest absolute Gasteiger partial charge is 0.490 e. The molecule has 0 aliphatic heterocycles. The lowest BCUT2D eigenvalue weighted by Gasteiger charge is -2.26. The molecule has 0 spiro atoms. The van der Waals surface area contributed by atoms with Gasteiger partial charge in [0.25, 0.3) is 0 Å². The molecule has 1 aromatic rings. The number of carbonyl (C=O) groups is 2. The maximum atomic E-state index is 13.0. The van der Waals surface area contributed by atoms with E-state index < -0.39 is 12.2 Å². The van der Waals surface area contributed by atoms with Crippen molar-refractivity contribution in [2.75, 3.05) is 13.2 Å². The molecular formula is C30H45O7P. The van der Waals surface area contributed by atoms with Crippen molar-refractivity contribution in [1.29, 1.82) is 0 Å². The highest BCUT2D eigenvalue weighted by molar-refractivity contribution is 7.34. The molecule has 0 aliphatic rings. The lowest BCUT2D eigenvalue weighted by Crippen LogP contribution is -2.31. The Bertz CT molecular complexity index is 970. The van der Waals surface area contributed by atoms with Gasteiger partial charge in [0.05, 0.1) is 18.5 Å². The van der Waals surface area contributed by atoms with Gasteiger partial charge in [-0.2, -0.15) is 0 Å². The van der Waals surface area contributed by atoms with Gasteiger partial charge < -0.3 is 18.9 Å². The van der Waals surface area contributed by atoms with E-state index in [9.17, 15) is 14.2 Å². The predicted octanol–water partition coefficient (Wildman–Crippen LogP) is 7.35. The highest BCUT2D eigenvalue weighted by Gasteiger charge is 2.32. The van der Waals surface area contributed by atoms with E-state index in [-0.39, 0.29) is 43.0 Å². The van der Waals surface area contributed by atoms with Gasteiger partial charge >= 0.3 is 0 Å². The van der Waals surface area contributed by atoms with Gasteiger partial charge in [-0.25, -0.2) is 0 Å². The van der Waals surface area contributed by atoms with E-state index in [1.165, 1.54) is 0 Å². The zero-order valence-electron chi connectivity index (χ0n) is 24.0. The average molecular weight is 549 g/mol. The average Bonchev–Trinajstić information content (AvgIpc) is 2.89. The van der Waals surface area contributed by atoms with E-state index in [1.54, 1.807) is 19.9 Å². The van der Waals surface area contributed by atoms with Crippen molar-refractivity contribution in [3.63, 3.8) is 0 Å². The number of unbranched alkanes of at least 4 members (excludes halogenated alkanes) is 2. The Balaban J connectivity index is 3.90. The molecule has 0 saturated heterocycles. The maximum absolute atomic E-state index is 13.0. The van der Waals surface area contributed by atoms with Crippen LogP contribution in [0.2, 0.25) is 0 Å². The summed E-state index contributed by atoms with van der Waals surface area (Å²) in [6.45, 7) is 19.6. The first-order valence-electron chi connectivity index (χ1n) is 13.7. The van der Waals surface area contributed by atoms with Crippen LogP contribution in [0, 0.1) is 0 Å². The van der Waals surface area contributed by atoms with Crippen molar-refractivity contribution in [3.8, 4) is 23.0 Å². The number of hydrogen-bond acceptors (Lipinski definition) is 7. The Morgan fingerprint density at radius 3 is 1.66 bits per heavy atom. The molecule has 0 saturated carbocycles. The van der Waals surface area contributed by atoms with E-state index in [0.29, 0.717) is 55.3 Å². The first-order chi connectivity index (χ1) is 18.2. The van der Waals surface area contributed by atoms with Gasteiger partial charge in [-0.3, -0.25) is 14.2 Å².